The Bertz CT molecular complexity index is 400. The fourth-order valence-electron chi connectivity index (χ4n) is 2.12. The van der Waals surface area contributed by atoms with Crippen LogP contribution < -0.4 is 10.5 Å². The number of amidine groups is 1. The third-order valence-corrected chi connectivity index (χ3v) is 4.88. The molecule has 0 aromatic carbocycles. The molecular formula is C11H24N4O3S. The Morgan fingerprint density at radius 1 is 1.26 bits per heavy atom. The van der Waals surface area contributed by atoms with Gasteiger partial charge in [0.25, 0.3) is 10.2 Å². The average molecular weight is 292 g/mol. The molecule has 8 heteroatoms. The van der Waals surface area contributed by atoms with E-state index in [1.807, 2.05) is 13.8 Å². The molecule has 0 bridgehead atoms. The summed E-state index contributed by atoms with van der Waals surface area (Å²) in [5.41, 5.74) is 5.54. The lowest BCUT2D eigenvalue weighted by Crippen LogP contribution is -2.52. The van der Waals surface area contributed by atoms with E-state index in [0.29, 0.717) is 13.1 Å². The summed E-state index contributed by atoms with van der Waals surface area (Å²) in [5.74, 6) is -0.217. The van der Waals surface area contributed by atoms with Gasteiger partial charge >= 0.3 is 0 Å². The second kappa shape index (κ2) is 7.06. The zero-order valence-corrected chi connectivity index (χ0v) is 12.4. The maximum atomic E-state index is 12.3. The van der Waals surface area contributed by atoms with Crippen molar-refractivity contribution < 1.29 is 13.6 Å². The van der Waals surface area contributed by atoms with Crippen molar-refractivity contribution in [2.24, 2.45) is 16.8 Å². The number of rotatable bonds is 5. The molecule has 7 nitrogen and oxygen atoms in total. The van der Waals surface area contributed by atoms with Gasteiger partial charge < -0.3 is 10.9 Å². The SMILES string of the molecule is CC(C)C(NS(=O)(=O)N1CCCCCC1)C(N)=NO. The van der Waals surface area contributed by atoms with Crippen LogP contribution in [0.5, 0.6) is 0 Å². The maximum Gasteiger partial charge on any atom is 0.280 e. The minimum atomic E-state index is -3.59. The largest absolute Gasteiger partial charge is 0.409 e. The molecule has 0 spiro atoms. The number of hydrogen-bond donors (Lipinski definition) is 3. The Kier molecular flexibility index (Phi) is 6.02. The minimum Gasteiger partial charge on any atom is -0.409 e. The van der Waals surface area contributed by atoms with Crippen LogP contribution in [0.1, 0.15) is 39.5 Å². The summed E-state index contributed by atoms with van der Waals surface area (Å²) < 4.78 is 28.6. The van der Waals surface area contributed by atoms with E-state index in [9.17, 15) is 8.42 Å². The summed E-state index contributed by atoms with van der Waals surface area (Å²) in [5, 5.41) is 11.6. The number of nitrogens with two attached hydrogens (primary N) is 1. The molecule has 0 saturated carbocycles. The summed E-state index contributed by atoms with van der Waals surface area (Å²) in [6, 6.07) is -0.696. The number of hydrogen-bond acceptors (Lipinski definition) is 4. The van der Waals surface area contributed by atoms with E-state index in [1.54, 1.807) is 0 Å². The first-order valence-electron chi connectivity index (χ1n) is 6.63. The van der Waals surface area contributed by atoms with Gasteiger partial charge in [0.2, 0.25) is 0 Å². The fourth-order valence-corrected chi connectivity index (χ4v) is 3.72. The molecule has 1 heterocycles. The van der Waals surface area contributed by atoms with Crippen LogP contribution >= 0.6 is 0 Å². The third-order valence-electron chi connectivity index (χ3n) is 3.28. The summed E-state index contributed by atoms with van der Waals surface area (Å²) >= 11 is 0. The standard InChI is InChI=1S/C11H24N4O3S/c1-9(2)10(11(12)13-16)14-19(17,18)15-7-5-3-4-6-8-15/h9-10,14,16H,3-8H2,1-2H3,(H2,12,13). The topological polar surface area (TPSA) is 108 Å². The molecule has 1 saturated heterocycles. The van der Waals surface area contributed by atoms with Crippen molar-refractivity contribution >= 4 is 16.0 Å². The van der Waals surface area contributed by atoms with Gasteiger partial charge in [-0.1, -0.05) is 31.8 Å². The second-order valence-corrected chi connectivity index (χ2v) is 6.88. The van der Waals surface area contributed by atoms with Crippen molar-refractivity contribution in [3.05, 3.63) is 0 Å². The highest BCUT2D eigenvalue weighted by molar-refractivity contribution is 7.87. The van der Waals surface area contributed by atoms with Gasteiger partial charge in [-0.2, -0.15) is 17.4 Å². The molecule has 112 valence electrons. The first-order chi connectivity index (χ1) is 8.88. The van der Waals surface area contributed by atoms with E-state index in [-0.39, 0.29) is 11.8 Å². The van der Waals surface area contributed by atoms with Crippen molar-refractivity contribution in [1.29, 1.82) is 0 Å². The van der Waals surface area contributed by atoms with E-state index >= 15 is 0 Å². The van der Waals surface area contributed by atoms with Crippen LogP contribution in [-0.4, -0.2) is 42.9 Å². The first-order valence-corrected chi connectivity index (χ1v) is 8.07. The van der Waals surface area contributed by atoms with Crippen LogP contribution in [0.25, 0.3) is 0 Å². The van der Waals surface area contributed by atoms with Crippen molar-refractivity contribution in [2.45, 2.75) is 45.6 Å². The van der Waals surface area contributed by atoms with Crippen molar-refractivity contribution in [2.75, 3.05) is 13.1 Å². The van der Waals surface area contributed by atoms with Crippen molar-refractivity contribution in [3.63, 3.8) is 0 Å². The van der Waals surface area contributed by atoms with Gasteiger partial charge in [-0.25, -0.2) is 0 Å². The summed E-state index contributed by atoms with van der Waals surface area (Å²) in [6.45, 7) is 4.67. The van der Waals surface area contributed by atoms with Gasteiger partial charge in [0.05, 0.1) is 6.04 Å². The number of nitrogens with one attached hydrogen (secondary N) is 1. The maximum absolute atomic E-state index is 12.3. The Morgan fingerprint density at radius 3 is 2.21 bits per heavy atom. The molecule has 1 aliphatic heterocycles. The normalized spacial score (nSPS) is 21.3. The van der Waals surface area contributed by atoms with Crippen molar-refractivity contribution in [3.8, 4) is 0 Å². The predicted octanol–water partition coefficient (Wildman–Crippen LogP) is 0.468. The molecule has 0 aromatic rings. The molecule has 0 radical (unpaired) electrons. The lowest BCUT2D eigenvalue weighted by Gasteiger charge is -2.26. The smallest absolute Gasteiger partial charge is 0.280 e. The Hall–Kier alpha value is -0.860. The first kappa shape index (κ1) is 16.2. The van der Waals surface area contributed by atoms with Gasteiger partial charge in [-0.3, -0.25) is 0 Å². The van der Waals surface area contributed by atoms with Crippen LogP contribution in [0.2, 0.25) is 0 Å². The lowest BCUT2D eigenvalue weighted by molar-refractivity contribution is 0.312. The Labute approximate surface area is 115 Å². The fraction of sp³-hybridized carbons (Fsp3) is 0.909. The molecule has 19 heavy (non-hydrogen) atoms. The quantitative estimate of drug-likeness (QED) is 0.296. The number of oxime groups is 1. The van der Waals surface area contributed by atoms with E-state index in [2.05, 4.69) is 9.88 Å². The Balaban J connectivity index is 2.81. The van der Waals surface area contributed by atoms with Gasteiger partial charge in [-0.05, 0) is 18.8 Å². The van der Waals surface area contributed by atoms with Crippen molar-refractivity contribution in [1.82, 2.24) is 9.03 Å². The molecular weight excluding hydrogens is 268 g/mol. The van der Waals surface area contributed by atoms with Gasteiger partial charge in [0.1, 0.15) is 0 Å². The number of nitrogens with zero attached hydrogens (tertiary/aromatic N) is 2. The molecule has 1 rings (SSSR count). The third kappa shape index (κ3) is 4.63. The molecule has 1 fully saturated rings. The predicted molar refractivity (Wildman–Crippen MR) is 74.1 cm³/mol. The van der Waals surface area contributed by atoms with E-state index < -0.39 is 16.3 Å². The molecule has 0 amide bonds. The summed E-state index contributed by atoms with van der Waals surface area (Å²) in [6.07, 6.45) is 3.85. The molecule has 1 aliphatic rings. The molecule has 1 atom stereocenters. The molecule has 1 unspecified atom stereocenters. The van der Waals surface area contributed by atoms with E-state index in [0.717, 1.165) is 25.7 Å². The molecule has 4 N–H and O–H groups in total. The van der Waals surface area contributed by atoms with Gasteiger partial charge in [0, 0.05) is 13.1 Å². The monoisotopic (exact) mass is 292 g/mol. The van der Waals surface area contributed by atoms with Gasteiger partial charge in [-0.15, -0.1) is 0 Å². The summed E-state index contributed by atoms with van der Waals surface area (Å²) in [4.78, 5) is 0. The second-order valence-electron chi connectivity index (χ2n) is 5.18. The lowest BCUT2D eigenvalue weighted by atomic mass is 10.1. The highest BCUT2D eigenvalue weighted by Gasteiger charge is 2.29. The highest BCUT2D eigenvalue weighted by atomic mass is 32.2. The van der Waals surface area contributed by atoms with E-state index in [4.69, 9.17) is 10.9 Å². The average Bonchev–Trinajstić information content (AvgIpc) is 2.64. The van der Waals surface area contributed by atoms with Crippen LogP contribution in [0.15, 0.2) is 5.16 Å². The molecule has 0 aromatic heterocycles. The zero-order valence-electron chi connectivity index (χ0n) is 11.5. The van der Waals surface area contributed by atoms with Crippen LogP contribution in [0.3, 0.4) is 0 Å². The Morgan fingerprint density at radius 2 is 1.79 bits per heavy atom. The zero-order chi connectivity index (χ0) is 14.5. The van der Waals surface area contributed by atoms with Crippen LogP contribution in [-0.2, 0) is 10.2 Å². The van der Waals surface area contributed by atoms with Gasteiger partial charge in [0.15, 0.2) is 5.84 Å². The summed E-state index contributed by atoms with van der Waals surface area (Å²) in [7, 11) is -3.59. The molecule has 0 aliphatic carbocycles. The van der Waals surface area contributed by atoms with E-state index in [1.165, 1.54) is 4.31 Å². The van der Waals surface area contributed by atoms with Crippen LogP contribution in [0, 0.1) is 5.92 Å². The van der Waals surface area contributed by atoms with Crippen LogP contribution in [0.4, 0.5) is 0 Å². The minimum absolute atomic E-state index is 0.0994. The highest BCUT2D eigenvalue weighted by Crippen LogP contribution is 2.14.